The second kappa shape index (κ2) is 9.64. The Labute approximate surface area is 129 Å². The first-order valence-corrected chi connectivity index (χ1v) is 7.83. The van der Waals surface area contributed by atoms with Crippen LogP contribution in [0.5, 0.6) is 11.5 Å². The van der Waals surface area contributed by atoms with Crippen molar-refractivity contribution < 1.29 is 9.47 Å². The van der Waals surface area contributed by atoms with Gasteiger partial charge in [-0.15, -0.1) is 0 Å². The van der Waals surface area contributed by atoms with Crippen molar-refractivity contribution in [3.8, 4) is 11.5 Å². The molecule has 0 heterocycles. The van der Waals surface area contributed by atoms with Crippen LogP contribution in [0, 0.1) is 0 Å². The molecule has 0 radical (unpaired) electrons. The molecule has 4 nitrogen and oxygen atoms in total. The Morgan fingerprint density at radius 3 is 2.43 bits per heavy atom. The number of hydrogen-bond acceptors (Lipinski definition) is 4. The van der Waals surface area contributed by atoms with Crippen molar-refractivity contribution in [1.82, 2.24) is 10.2 Å². The fraction of sp³-hybridized carbons (Fsp3) is 0.647. The average molecular weight is 294 g/mol. The van der Waals surface area contributed by atoms with Crippen molar-refractivity contribution in [3.63, 3.8) is 0 Å². The molecular formula is C17H30N2O2. The fourth-order valence-corrected chi connectivity index (χ4v) is 2.45. The van der Waals surface area contributed by atoms with Crippen LogP contribution < -0.4 is 14.8 Å². The summed E-state index contributed by atoms with van der Waals surface area (Å²) < 4.78 is 10.7. The molecule has 1 aromatic carbocycles. The lowest BCUT2D eigenvalue weighted by atomic mass is 10.1. The molecule has 1 unspecified atom stereocenters. The van der Waals surface area contributed by atoms with E-state index >= 15 is 0 Å². The predicted octanol–water partition coefficient (Wildman–Crippen LogP) is 3.09. The number of rotatable bonds is 10. The van der Waals surface area contributed by atoms with Crippen LogP contribution in [0.25, 0.3) is 0 Å². The monoisotopic (exact) mass is 294 g/mol. The van der Waals surface area contributed by atoms with Gasteiger partial charge in [0.05, 0.1) is 14.2 Å². The molecule has 0 aliphatic heterocycles. The number of nitrogens with one attached hydrogen (secondary N) is 1. The van der Waals surface area contributed by atoms with Crippen LogP contribution >= 0.6 is 0 Å². The summed E-state index contributed by atoms with van der Waals surface area (Å²) in [4.78, 5) is 2.44. The van der Waals surface area contributed by atoms with E-state index < -0.39 is 0 Å². The molecule has 120 valence electrons. The Morgan fingerprint density at radius 2 is 1.86 bits per heavy atom. The zero-order valence-corrected chi connectivity index (χ0v) is 14.1. The van der Waals surface area contributed by atoms with Gasteiger partial charge in [0.1, 0.15) is 11.5 Å². The molecule has 0 spiro atoms. The largest absolute Gasteiger partial charge is 0.497 e. The first-order valence-electron chi connectivity index (χ1n) is 7.83. The van der Waals surface area contributed by atoms with Gasteiger partial charge in [0.25, 0.3) is 0 Å². The van der Waals surface area contributed by atoms with E-state index in [1.165, 1.54) is 5.56 Å². The van der Waals surface area contributed by atoms with E-state index in [-0.39, 0.29) is 6.04 Å². The van der Waals surface area contributed by atoms with E-state index in [0.717, 1.165) is 44.1 Å². The van der Waals surface area contributed by atoms with Crippen LogP contribution in [0.3, 0.4) is 0 Å². The standard InChI is InChI=1S/C17H30N2O2/c1-6-19(7-2)12-8-11-18-14(3)16-10-9-15(20-4)13-17(16)21-5/h9-10,13-14,18H,6-8,11-12H2,1-5H3. The third-order valence-corrected chi connectivity index (χ3v) is 3.90. The van der Waals surface area contributed by atoms with Gasteiger partial charge >= 0.3 is 0 Å². The van der Waals surface area contributed by atoms with Crippen LogP contribution in [0.4, 0.5) is 0 Å². The van der Waals surface area contributed by atoms with E-state index in [0.29, 0.717) is 0 Å². The molecular weight excluding hydrogens is 264 g/mol. The van der Waals surface area contributed by atoms with Gasteiger partial charge in [-0.05, 0) is 45.6 Å². The molecule has 0 aliphatic carbocycles. The second-order valence-electron chi connectivity index (χ2n) is 5.16. The quantitative estimate of drug-likeness (QED) is 0.672. The van der Waals surface area contributed by atoms with E-state index in [1.54, 1.807) is 14.2 Å². The summed E-state index contributed by atoms with van der Waals surface area (Å²) in [6, 6.07) is 6.25. The Balaban J connectivity index is 2.50. The molecule has 0 saturated heterocycles. The minimum atomic E-state index is 0.266. The van der Waals surface area contributed by atoms with Gasteiger partial charge in [0.15, 0.2) is 0 Å². The molecule has 1 rings (SSSR count). The lowest BCUT2D eigenvalue weighted by Crippen LogP contribution is -2.28. The average Bonchev–Trinajstić information content (AvgIpc) is 2.54. The van der Waals surface area contributed by atoms with Gasteiger partial charge in [-0.1, -0.05) is 19.9 Å². The number of benzene rings is 1. The Bertz CT molecular complexity index is 406. The smallest absolute Gasteiger partial charge is 0.127 e. The maximum atomic E-state index is 5.46. The Kier molecular flexibility index (Phi) is 8.16. The normalized spacial score (nSPS) is 12.5. The zero-order valence-electron chi connectivity index (χ0n) is 14.1. The van der Waals surface area contributed by atoms with Crippen LogP contribution in [0.15, 0.2) is 18.2 Å². The zero-order chi connectivity index (χ0) is 15.7. The van der Waals surface area contributed by atoms with E-state index in [1.807, 2.05) is 12.1 Å². The molecule has 0 fully saturated rings. The molecule has 21 heavy (non-hydrogen) atoms. The number of ether oxygens (including phenoxy) is 2. The topological polar surface area (TPSA) is 33.7 Å². The minimum Gasteiger partial charge on any atom is -0.497 e. The molecule has 0 amide bonds. The molecule has 0 aliphatic rings. The molecule has 1 N–H and O–H groups in total. The third-order valence-electron chi connectivity index (χ3n) is 3.90. The Hall–Kier alpha value is -1.26. The highest BCUT2D eigenvalue weighted by molar-refractivity contribution is 5.42. The van der Waals surface area contributed by atoms with Crippen molar-refractivity contribution in [3.05, 3.63) is 23.8 Å². The van der Waals surface area contributed by atoms with Crippen molar-refractivity contribution in [1.29, 1.82) is 0 Å². The summed E-state index contributed by atoms with van der Waals surface area (Å²) in [5.74, 6) is 1.70. The highest BCUT2D eigenvalue weighted by atomic mass is 16.5. The van der Waals surface area contributed by atoms with Gasteiger partial charge in [-0.2, -0.15) is 0 Å². The maximum Gasteiger partial charge on any atom is 0.127 e. The second-order valence-corrected chi connectivity index (χ2v) is 5.16. The molecule has 4 heteroatoms. The summed E-state index contributed by atoms with van der Waals surface area (Å²) in [6.45, 7) is 11.0. The van der Waals surface area contributed by atoms with Gasteiger partial charge in [0, 0.05) is 17.7 Å². The van der Waals surface area contributed by atoms with E-state index in [9.17, 15) is 0 Å². The van der Waals surface area contributed by atoms with Crippen molar-refractivity contribution >= 4 is 0 Å². The molecule has 0 bridgehead atoms. The van der Waals surface area contributed by atoms with Crippen LogP contribution in [0.2, 0.25) is 0 Å². The summed E-state index contributed by atoms with van der Waals surface area (Å²) in [5.41, 5.74) is 1.17. The molecule has 0 saturated carbocycles. The lowest BCUT2D eigenvalue weighted by Gasteiger charge is -2.20. The lowest BCUT2D eigenvalue weighted by molar-refractivity contribution is 0.296. The summed E-state index contributed by atoms with van der Waals surface area (Å²) in [7, 11) is 3.37. The summed E-state index contributed by atoms with van der Waals surface area (Å²) in [5, 5.41) is 3.57. The third kappa shape index (κ3) is 5.56. The van der Waals surface area contributed by atoms with Crippen LogP contribution in [-0.2, 0) is 0 Å². The Morgan fingerprint density at radius 1 is 1.14 bits per heavy atom. The van der Waals surface area contributed by atoms with E-state index in [2.05, 4.69) is 37.1 Å². The highest BCUT2D eigenvalue weighted by Gasteiger charge is 2.12. The van der Waals surface area contributed by atoms with Gasteiger partial charge in [-0.25, -0.2) is 0 Å². The van der Waals surface area contributed by atoms with Crippen molar-refractivity contribution in [2.45, 2.75) is 33.2 Å². The SMILES string of the molecule is CCN(CC)CCCNC(C)c1ccc(OC)cc1OC. The predicted molar refractivity (Wildman–Crippen MR) is 88.4 cm³/mol. The molecule has 0 aromatic heterocycles. The van der Waals surface area contributed by atoms with Gasteiger partial charge < -0.3 is 19.7 Å². The number of hydrogen-bond donors (Lipinski definition) is 1. The first kappa shape index (κ1) is 17.8. The van der Waals surface area contributed by atoms with E-state index in [4.69, 9.17) is 9.47 Å². The van der Waals surface area contributed by atoms with Crippen LogP contribution in [-0.4, -0.2) is 45.3 Å². The van der Waals surface area contributed by atoms with Gasteiger partial charge in [-0.3, -0.25) is 0 Å². The fourth-order valence-electron chi connectivity index (χ4n) is 2.45. The van der Waals surface area contributed by atoms with Crippen molar-refractivity contribution in [2.75, 3.05) is 40.4 Å². The maximum absolute atomic E-state index is 5.46. The first-order chi connectivity index (χ1) is 10.2. The van der Waals surface area contributed by atoms with Crippen molar-refractivity contribution in [2.24, 2.45) is 0 Å². The summed E-state index contributed by atoms with van der Waals surface area (Å²) >= 11 is 0. The van der Waals surface area contributed by atoms with Crippen LogP contribution in [0.1, 0.15) is 38.8 Å². The molecule has 1 atom stereocenters. The minimum absolute atomic E-state index is 0.266. The van der Waals surface area contributed by atoms with Gasteiger partial charge in [0.2, 0.25) is 0 Å². The molecule has 1 aromatic rings. The number of methoxy groups -OCH3 is 2. The number of nitrogens with zero attached hydrogens (tertiary/aromatic N) is 1. The highest BCUT2D eigenvalue weighted by Crippen LogP contribution is 2.29. The summed E-state index contributed by atoms with van der Waals surface area (Å²) in [6.07, 6.45) is 1.16.